The Hall–Kier alpha value is -7.76. The first kappa shape index (κ1) is 40.0. The zero-order valence-electron chi connectivity index (χ0n) is 34.9. The fraction of sp³-hybridized carbons (Fsp3) is 0.0169. The molecule has 0 radical (unpaired) electrons. The number of hydrogen-bond donors (Lipinski definition) is 2. The van der Waals surface area contributed by atoms with Gasteiger partial charge in [-0.3, -0.25) is 9.98 Å². The Morgan fingerprint density at radius 2 is 0.662 bits per heavy atom. The van der Waals surface area contributed by atoms with Crippen LogP contribution in [0.3, 0.4) is 0 Å². The number of fused-ring (bicyclic) bond motifs is 10. The van der Waals surface area contributed by atoms with E-state index in [1.165, 1.54) is 0 Å². The molecule has 0 aromatic heterocycles. The molecule has 0 spiro atoms. The highest BCUT2D eigenvalue weighted by Crippen LogP contribution is 2.46. The summed E-state index contributed by atoms with van der Waals surface area (Å²) in [6.07, 6.45) is 3.55. The van der Waals surface area contributed by atoms with Crippen molar-refractivity contribution < 1.29 is 10.2 Å². The largest absolute Gasteiger partial charge is 0.507 e. The van der Waals surface area contributed by atoms with Gasteiger partial charge < -0.3 is 10.2 Å². The van der Waals surface area contributed by atoms with Crippen molar-refractivity contribution in [3.05, 3.63) is 205 Å². The molecule has 0 unspecified atom stereocenters. The maximum absolute atomic E-state index is 12.0. The molecule has 0 saturated heterocycles. The molecule has 0 amide bonds. The number of phenols is 2. The molecular weight excluding hydrogens is 840 g/mol. The molecule has 0 atom stereocenters. The normalized spacial score (nSPS) is 11.9. The number of nitrogens with zero attached hydrogens (tertiary/aromatic N) is 2. The van der Waals surface area contributed by atoms with Crippen LogP contribution in [0.2, 0.25) is 0 Å². The number of alkyl halides is 2. The minimum Gasteiger partial charge on any atom is -0.507 e. The standard InChI is InChI=1S/C58H36N2O2.CH2Cl2/c61-57-45(23-19-37-17-21-43-29-39-11-1-3-13-41(39)31-49(43)53(37)57)33-59-51-27-25-35-9-5-7-15-47(35)55(51)56-48-16-8-6-10-36(48)26-28-52(56)60-34-46-24-20-38-18-22-44-30-40-12-2-4-14-42(40)32-50(44)54(38)58(46)62;2-1-3/h1-34,61-62H;1H2. The number of rotatable bonds is 5. The van der Waals surface area contributed by atoms with Gasteiger partial charge in [0.25, 0.3) is 0 Å². The molecule has 0 heterocycles. The Kier molecular flexibility index (Phi) is 10.3. The van der Waals surface area contributed by atoms with Gasteiger partial charge in [0.05, 0.1) is 16.7 Å². The zero-order chi connectivity index (χ0) is 44.0. The van der Waals surface area contributed by atoms with E-state index in [1.807, 2.05) is 60.7 Å². The SMILES string of the molecule is ClCCl.Oc1c(C=Nc2ccc3ccccc3c2-c2c(N=Cc3ccc4ccc5cc6ccccc6cc5c4c3O)ccc3ccccc23)ccc2ccc3cc4ccccc4cc3c12. The van der Waals surface area contributed by atoms with E-state index in [0.29, 0.717) is 11.1 Å². The van der Waals surface area contributed by atoms with Gasteiger partial charge in [-0.05, 0) is 124 Å². The third-order valence-electron chi connectivity index (χ3n) is 12.5. The number of aliphatic imine (C=N–C) groups is 2. The maximum Gasteiger partial charge on any atom is 0.132 e. The van der Waals surface area contributed by atoms with E-state index in [4.69, 9.17) is 33.2 Å². The lowest BCUT2D eigenvalue weighted by Crippen LogP contribution is -1.90. The number of benzene rings is 12. The van der Waals surface area contributed by atoms with Crippen molar-refractivity contribution in [2.24, 2.45) is 9.98 Å². The molecule has 6 heteroatoms. The fourth-order valence-corrected chi connectivity index (χ4v) is 9.42. The molecule has 0 fully saturated rings. The van der Waals surface area contributed by atoms with E-state index < -0.39 is 0 Å². The van der Waals surface area contributed by atoms with E-state index in [0.717, 1.165) is 109 Å². The van der Waals surface area contributed by atoms with Crippen molar-refractivity contribution in [2.75, 3.05) is 5.34 Å². The van der Waals surface area contributed by atoms with Gasteiger partial charge in [0.1, 0.15) is 11.5 Å². The summed E-state index contributed by atoms with van der Waals surface area (Å²) >= 11 is 9.53. The molecule has 12 rings (SSSR count). The van der Waals surface area contributed by atoms with Crippen LogP contribution in [0, 0.1) is 0 Å². The van der Waals surface area contributed by atoms with Crippen LogP contribution in [-0.4, -0.2) is 28.0 Å². The number of halogens is 2. The molecule has 12 aromatic rings. The molecule has 12 aromatic carbocycles. The summed E-state index contributed by atoms with van der Waals surface area (Å²) < 4.78 is 0. The average Bonchev–Trinajstić information content (AvgIpc) is 3.34. The highest BCUT2D eigenvalue weighted by atomic mass is 35.5. The summed E-state index contributed by atoms with van der Waals surface area (Å²) in [5.41, 5.74) is 4.60. The first-order valence-corrected chi connectivity index (χ1v) is 22.4. The second-order valence-electron chi connectivity index (χ2n) is 16.2. The molecule has 4 nitrogen and oxygen atoms in total. The molecule has 65 heavy (non-hydrogen) atoms. The fourth-order valence-electron chi connectivity index (χ4n) is 9.42. The zero-order valence-corrected chi connectivity index (χ0v) is 36.4. The van der Waals surface area contributed by atoms with Crippen LogP contribution in [0.4, 0.5) is 11.4 Å². The molecule has 310 valence electrons. The van der Waals surface area contributed by atoms with E-state index in [-0.39, 0.29) is 16.8 Å². The Bertz CT molecular complexity index is 3680. The van der Waals surface area contributed by atoms with E-state index in [9.17, 15) is 10.2 Å². The van der Waals surface area contributed by atoms with Gasteiger partial charge >= 0.3 is 0 Å². The maximum atomic E-state index is 12.0. The average molecular weight is 878 g/mol. The van der Waals surface area contributed by atoms with Gasteiger partial charge in [0.15, 0.2) is 0 Å². The van der Waals surface area contributed by atoms with Crippen molar-refractivity contribution in [3.63, 3.8) is 0 Å². The Balaban J connectivity index is 0.00000152. The van der Waals surface area contributed by atoms with Crippen LogP contribution in [0.5, 0.6) is 11.5 Å². The molecule has 0 aliphatic rings. The first-order chi connectivity index (χ1) is 32.0. The van der Waals surface area contributed by atoms with E-state index >= 15 is 0 Å². The van der Waals surface area contributed by atoms with Crippen LogP contribution in [-0.2, 0) is 0 Å². The van der Waals surface area contributed by atoms with Crippen molar-refractivity contribution in [2.45, 2.75) is 0 Å². The van der Waals surface area contributed by atoms with Crippen molar-refractivity contribution in [1.82, 2.24) is 0 Å². The van der Waals surface area contributed by atoms with Gasteiger partial charge in [-0.1, -0.05) is 146 Å². The van der Waals surface area contributed by atoms with Crippen molar-refractivity contribution in [3.8, 4) is 22.6 Å². The van der Waals surface area contributed by atoms with Gasteiger partial charge in [0.2, 0.25) is 0 Å². The first-order valence-electron chi connectivity index (χ1n) is 21.4. The number of phenolic OH excluding ortho intramolecular Hbond substituents is 2. The van der Waals surface area contributed by atoms with E-state index in [2.05, 4.69) is 133 Å². The third-order valence-corrected chi connectivity index (χ3v) is 12.5. The Morgan fingerprint density at radius 3 is 1.08 bits per heavy atom. The second-order valence-corrected chi connectivity index (χ2v) is 17.0. The summed E-state index contributed by atoms with van der Waals surface area (Å²) in [5, 5.41) is 40.6. The van der Waals surface area contributed by atoms with E-state index in [1.54, 1.807) is 12.4 Å². The third kappa shape index (κ3) is 7.14. The van der Waals surface area contributed by atoms with Crippen LogP contribution in [0.25, 0.3) is 97.3 Å². The van der Waals surface area contributed by atoms with Crippen LogP contribution in [0.1, 0.15) is 11.1 Å². The summed E-state index contributed by atoms with van der Waals surface area (Å²) in [6, 6.07) is 66.7. The van der Waals surface area contributed by atoms with Gasteiger partial charge in [0, 0.05) is 45.5 Å². The van der Waals surface area contributed by atoms with Crippen molar-refractivity contribution >= 4 is 133 Å². The predicted molar refractivity (Wildman–Crippen MR) is 279 cm³/mol. The summed E-state index contributed by atoms with van der Waals surface area (Å²) in [7, 11) is 0. The van der Waals surface area contributed by atoms with Crippen molar-refractivity contribution in [1.29, 1.82) is 0 Å². The lowest BCUT2D eigenvalue weighted by molar-refractivity contribution is 0.480. The highest BCUT2D eigenvalue weighted by Gasteiger charge is 2.18. The highest BCUT2D eigenvalue weighted by molar-refractivity contribution is 6.40. The molecule has 0 saturated carbocycles. The molecule has 0 aliphatic carbocycles. The van der Waals surface area contributed by atoms with Crippen LogP contribution in [0.15, 0.2) is 204 Å². The summed E-state index contributed by atoms with van der Waals surface area (Å²) in [6.45, 7) is 0. The van der Waals surface area contributed by atoms with Crippen LogP contribution < -0.4 is 0 Å². The topological polar surface area (TPSA) is 65.2 Å². The quantitative estimate of drug-likeness (QED) is 0.0783. The lowest BCUT2D eigenvalue weighted by Gasteiger charge is -2.16. The van der Waals surface area contributed by atoms with Gasteiger partial charge in [-0.2, -0.15) is 0 Å². The Labute approximate surface area is 384 Å². The molecule has 0 bridgehead atoms. The minimum absolute atomic E-state index is 0.194. The van der Waals surface area contributed by atoms with Gasteiger partial charge in [-0.15, -0.1) is 23.2 Å². The van der Waals surface area contributed by atoms with Gasteiger partial charge in [-0.25, -0.2) is 0 Å². The molecular formula is C59H38Cl2N2O2. The number of hydrogen-bond acceptors (Lipinski definition) is 4. The minimum atomic E-state index is 0.194. The number of aromatic hydroxyl groups is 2. The lowest BCUT2D eigenvalue weighted by atomic mass is 9.91. The smallest absolute Gasteiger partial charge is 0.132 e. The second kappa shape index (κ2) is 16.7. The monoisotopic (exact) mass is 876 g/mol. The predicted octanol–water partition coefficient (Wildman–Crippen LogP) is 16.9. The Morgan fingerprint density at radius 1 is 0.338 bits per heavy atom. The summed E-state index contributed by atoms with van der Waals surface area (Å²) in [5.74, 6) is 0.391. The molecule has 0 aliphatic heterocycles. The molecule has 2 N–H and O–H groups in total. The van der Waals surface area contributed by atoms with Crippen LogP contribution >= 0.6 is 23.2 Å². The summed E-state index contributed by atoms with van der Waals surface area (Å²) in [4.78, 5) is 10.4.